The molecule has 220 valence electrons. The standard InChI is InChI=1S/C28H38N4O7.ClH/c1-17(27(35)36)15-21-22(16-18(2)28(37)38)24(26(34)31-13-11-30(5)12-14-31)32(23(21)25(33)29(3)4)19-7-9-20(39-6)10-8-19;/h7-10,17-18H,11-16H2,1-6H3,(H,35,36)(H,37,38);1H. The number of nitrogens with zero attached hydrogens (tertiary/aromatic N) is 4. The molecule has 0 aliphatic carbocycles. The topological polar surface area (TPSA) is 133 Å². The molecule has 40 heavy (non-hydrogen) atoms. The summed E-state index contributed by atoms with van der Waals surface area (Å²) in [6.45, 7) is 5.34. The van der Waals surface area contributed by atoms with Gasteiger partial charge in [-0.25, -0.2) is 0 Å². The second kappa shape index (κ2) is 13.7. The molecule has 0 radical (unpaired) electrons. The van der Waals surface area contributed by atoms with Crippen molar-refractivity contribution < 1.29 is 34.1 Å². The average Bonchev–Trinajstić information content (AvgIpc) is 3.21. The van der Waals surface area contributed by atoms with E-state index < -0.39 is 29.7 Å². The van der Waals surface area contributed by atoms with Crippen molar-refractivity contribution in [2.24, 2.45) is 11.8 Å². The number of carboxylic acid groups (broad SMARTS) is 2. The molecule has 12 heteroatoms. The summed E-state index contributed by atoms with van der Waals surface area (Å²) in [6, 6.07) is 6.87. The number of hydrogen-bond acceptors (Lipinski definition) is 6. The Labute approximate surface area is 240 Å². The molecule has 2 N–H and O–H groups in total. The Kier molecular flexibility index (Phi) is 11.2. The maximum Gasteiger partial charge on any atom is 0.306 e. The normalized spacial score (nSPS) is 15.1. The molecule has 1 aromatic carbocycles. The molecule has 2 aromatic rings. The number of carbonyl (C=O) groups is 4. The van der Waals surface area contributed by atoms with E-state index in [1.165, 1.54) is 25.9 Å². The third-order valence-corrected chi connectivity index (χ3v) is 7.18. The maximum absolute atomic E-state index is 14.2. The van der Waals surface area contributed by atoms with Gasteiger partial charge in [0.05, 0.1) is 18.9 Å². The number of rotatable bonds is 10. The van der Waals surface area contributed by atoms with Crippen LogP contribution in [0.1, 0.15) is 46.0 Å². The van der Waals surface area contributed by atoms with Crippen LogP contribution in [0.5, 0.6) is 5.75 Å². The summed E-state index contributed by atoms with van der Waals surface area (Å²) in [5, 5.41) is 19.5. The molecule has 1 aromatic heterocycles. The lowest BCUT2D eigenvalue weighted by molar-refractivity contribution is -0.142. The summed E-state index contributed by atoms with van der Waals surface area (Å²) in [5.41, 5.74) is 1.63. The molecular formula is C28H39ClN4O7. The number of methoxy groups -OCH3 is 1. The van der Waals surface area contributed by atoms with Crippen LogP contribution in [-0.2, 0) is 22.4 Å². The number of hydrogen-bond donors (Lipinski definition) is 2. The highest BCUT2D eigenvalue weighted by molar-refractivity contribution is 6.02. The SMILES string of the molecule is COc1ccc(-n2c(C(=O)N(C)C)c(CC(C)C(=O)O)c(CC(C)C(=O)O)c2C(=O)N2CCN(C)CC2)cc1.Cl. The Balaban J connectivity index is 0.00000560. The van der Waals surface area contributed by atoms with Crippen molar-refractivity contribution in [1.29, 1.82) is 0 Å². The highest BCUT2D eigenvalue weighted by Gasteiger charge is 2.36. The quantitative estimate of drug-likeness (QED) is 0.439. The van der Waals surface area contributed by atoms with Gasteiger partial charge in [0.25, 0.3) is 11.8 Å². The van der Waals surface area contributed by atoms with Gasteiger partial charge in [0.15, 0.2) is 0 Å². The Morgan fingerprint density at radius 1 is 0.875 bits per heavy atom. The number of halogens is 1. The Hall–Kier alpha value is -3.57. The van der Waals surface area contributed by atoms with Gasteiger partial charge in [-0.2, -0.15) is 0 Å². The van der Waals surface area contributed by atoms with Crippen LogP contribution in [0.3, 0.4) is 0 Å². The molecule has 0 bridgehead atoms. The first-order valence-corrected chi connectivity index (χ1v) is 12.9. The Morgan fingerprint density at radius 3 is 1.77 bits per heavy atom. The van der Waals surface area contributed by atoms with E-state index in [0.717, 1.165) is 0 Å². The first kappa shape index (κ1) is 32.6. The van der Waals surface area contributed by atoms with E-state index >= 15 is 0 Å². The summed E-state index contributed by atoms with van der Waals surface area (Å²) >= 11 is 0. The second-order valence-corrected chi connectivity index (χ2v) is 10.4. The predicted molar refractivity (Wildman–Crippen MR) is 152 cm³/mol. The third kappa shape index (κ3) is 6.95. The van der Waals surface area contributed by atoms with Crippen LogP contribution < -0.4 is 4.74 Å². The van der Waals surface area contributed by atoms with Gasteiger partial charge in [-0.15, -0.1) is 12.4 Å². The molecule has 11 nitrogen and oxygen atoms in total. The van der Waals surface area contributed by atoms with Gasteiger partial charge in [-0.05, 0) is 55.3 Å². The minimum atomic E-state index is -1.06. The summed E-state index contributed by atoms with van der Waals surface area (Å²) in [7, 11) is 6.67. The lowest BCUT2D eigenvalue weighted by Gasteiger charge is -2.33. The Morgan fingerprint density at radius 2 is 1.35 bits per heavy atom. The number of ether oxygens (including phenoxy) is 1. The predicted octanol–water partition coefficient (Wildman–Crippen LogP) is 2.52. The van der Waals surface area contributed by atoms with E-state index in [0.29, 0.717) is 48.7 Å². The smallest absolute Gasteiger partial charge is 0.306 e. The lowest BCUT2D eigenvalue weighted by Crippen LogP contribution is -2.47. The first-order valence-electron chi connectivity index (χ1n) is 12.9. The van der Waals surface area contributed by atoms with Crippen molar-refractivity contribution in [1.82, 2.24) is 19.3 Å². The van der Waals surface area contributed by atoms with Crippen molar-refractivity contribution in [2.45, 2.75) is 26.7 Å². The zero-order chi connectivity index (χ0) is 29.0. The van der Waals surface area contributed by atoms with Crippen molar-refractivity contribution in [3.05, 3.63) is 46.8 Å². The molecule has 2 atom stereocenters. The fraction of sp³-hybridized carbons (Fsp3) is 0.500. The largest absolute Gasteiger partial charge is 0.497 e. The average molecular weight is 579 g/mol. The molecule has 1 aliphatic heterocycles. The molecule has 2 unspecified atom stereocenters. The van der Waals surface area contributed by atoms with Gasteiger partial charge < -0.3 is 34.2 Å². The fourth-order valence-electron chi connectivity index (χ4n) is 4.70. The minimum Gasteiger partial charge on any atom is -0.497 e. The number of carbonyl (C=O) groups excluding carboxylic acids is 2. The number of likely N-dealkylation sites (N-methyl/N-ethyl adjacent to an activating group) is 1. The van der Waals surface area contributed by atoms with Gasteiger partial charge in [-0.1, -0.05) is 13.8 Å². The van der Waals surface area contributed by atoms with Crippen molar-refractivity contribution in [2.75, 3.05) is 54.4 Å². The molecule has 1 aliphatic rings. The first-order chi connectivity index (χ1) is 18.4. The van der Waals surface area contributed by atoms with Crippen LogP contribution in [0, 0.1) is 11.8 Å². The molecule has 0 spiro atoms. The van der Waals surface area contributed by atoms with E-state index in [-0.39, 0.29) is 42.5 Å². The van der Waals surface area contributed by atoms with Crippen LogP contribution in [0.25, 0.3) is 5.69 Å². The molecule has 1 saturated heterocycles. The van der Waals surface area contributed by atoms with Gasteiger partial charge in [-0.3, -0.25) is 19.2 Å². The van der Waals surface area contributed by atoms with Crippen LogP contribution >= 0.6 is 12.4 Å². The minimum absolute atomic E-state index is 0. The number of aliphatic carboxylic acids is 2. The number of benzene rings is 1. The summed E-state index contributed by atoms with van der Waals surface area (Å²) in [4.78, 5) is 57.0. The molecule has 2 amide bonds. The van der Waals surface area contributed by atoms with E-state index in [2.05, 4.69) is 4.90 Å². The van der Waals surface area contributed by atoms with Crippen LogP contribution in [0.15, 0.2) is 24.3 Å². The molecule has 0 saturated carbocycles. The van der Waals surface area contributed by atoms with E-state index in [1.54, 1.807) is 47.8 Å². The summed E-state index contributed by atoms with van der Waals surface area (Å²) < 4.78 is 6.88. The van der Waals surface area contributed by atoms with Gasteiger partial charge in [0, 0.05) is 46.0 Å². The molecule has 1 fully saturated rings. The molecule has 3 rings (SSSR count). The fourth-order valence-corrected chi connectivity index (χ4v) is 4.70. The zero-order valence-corrected chi connectivity index (χ0v) is 24.7. The van der Waals surface area contributed by atoms with Crippen LogP contribution in [0.2, 0.25) is 0 Å². The van der Waals surface area contributed by atoms with Gasteiger partial charge in [0.1, 0.15) is 17.1 Å². The Bertz CT molecular complexity index is 1230. The number of carboxylic acids is 2. The lowest BCUT2D eigenvalue weighted by atomic mass is 9.91. The third-order valence-electron chi connectivity index (χ3n) is 7.18. The monoisotopic (exact) mass is 578 g/mol. The second-order valence-electron chi connectivity index (χ2n) is 10.4. The molecular weight excluding hydrogens is 540 g/mol. The van der Waals surface area contributed by atoms with Crippen LogP contribution in [0.4, 0.5) is 0 Å². The van der Waals surface area contributed by atoms with Crippen molar-refractivity contribution in [3.8, 4) is 11.4 Å². The van der Waals surface area contributed by atoms with Gasteiger partial charge >= 0.3 is 11.9 Å². The number of piperazine rings is 1. The highest BCUT2D eigenvalue weighted by atomic mass is 35.5. The molecule has 2 heterocycles. The zero-order valence-electron chi connectivity index (χ0n) is 23.8. The summed E-state index contributed by atoms with van der Waals surface area (Å²) in [6.07, 6.45) is -0.0826. The number of aromatic nitrogens is 1. The maximum atomic E-state index is 14.2. The van der Waals surface area contributed by atoms with Crippen molar-refractivity contribution in [3.63, 3.8) is 0 Å². The number of amides is 2. The van der Waals surface area contributed by atoms with Crippen molar-refractivity contribution >= 4 is 36.2 Å². The highest BCUT2D eigenvalue weighted by Crippen LogP contribution is 2.34. The summed E-state index contributed by atoms with van der Waals surface area (Å²) in [5.74, 6) is -4.03. The van der Waals surface area contributed by atoms with E-state index in [1.807, 2.05) is 7.05 Å². The van der Waals surface area contributed by atoms with Gasteiger partial charge in [0.2, 0.25) is 0 Å². The van der Waals surface area contributed by atoms with E-state index in [9.17, 15) is 29.4 Å². The van der Waals surface area contributed by atoms with Crippen LogP contribution in [-0.4, -0.2) is 108 Å². The van der Waals surface area contributed by atoms with E-state index in [4.69, 9.17) is 4.74 Å².